The molecule has 17 heavy (non-hydrogen) atoms. The topological polar surface area (TPSA) is 84.2 Å². The summed E-state index contributed by atoms with van der Waals surface area (Å²) in [4.78, 5) is 23.0. The Balaban J connectivity index is 2.06. The van der Waals surface area contributed by atoms with Crippen LogP contribution in [0.5, 0.6) is 0 Å². The third-order valence-corrected chi connectivity index (χ3v) is 2.93. The maximum atomic E-state index is 11.6. The van der Waals surface area contributed by atoms with Crippen LogP contribution >= 0.6 is 0 Å². The van der Waals surface area contributed by atoms with Crippen LogP contribution in [0.3, 0.4) is 0 Å². The predicted molar refractivity (Wildman–Crippen MR) is 66.2 cm³/mol. The number of amides is 2. The molecule has 0 spiro atoms. The van der Waals surface area contributed by atoms with Gasteiger partial charge in [0.25, 0.3) is 0 Å². The highest BCUT2D eigenvalue weighted by atomic mass is 16.2. The normalized spacial score (nSPS) is 15.5. The standard InChI is InChI=1S/C12H23N3O2/c1-12(2,8-13)11(17)14-7-3-4-10(16)15-9-5-6-9/h9H,3-8,13H2,1-2H3,(H,14,17)(H,15,16). The van der Waals surface area contributed by atoms with Crippen molar-refractivity contribution >= 4 is 11.8 Å². The Morgan fingerprint density at radius 1 is 1.35 bits per heavy atom. The van der Waals surface area contributed by atoms with Crippen LogP contribution in [0.15, 0.2) is 0 Å². The number of hydrogen-bond acceptors (Lipinski definition) is 3. The van der Waals surface area contributed by atoms with Crippen molar-refractivity contribution in [3.63, 3.8) is 0 Å². The van der Waals surface area contributed by atoms with E-state index in [1.54, 1.807) is 0 Å². The Labute approximate surface area is 103 Å². The van der Waals surface area contributed by atoms with E-state index in [4.69, 9.17) is 5.73 Å². The Morgan fingerprint density at radius 3 is 2.53 bits per heavy atom. The number of carbonyl (C=O) groups excluding carboxylic acids is 2. The molecule has 98 valence electrons. The van der Waals surface area contributed by atoms with Crippen LogP contribution in [0, 0.1) is 5.41 Å². The fourth-order valence-corrected chi connectivity index (χ4v) is 1.31. The average molecular weight is 241 g/mol. The first-order valence-electron chi connectivity index (χ1n) is 6.23. The molecular formula is C12H23N3O2. The second-order valence-electron chi connectivity index (χ2n) is 5.29. The molecule has 5 nitrogen and oxygen atoms in total. The number of rotatable bonds is 7. The van der Waals surface area contributed by atoms with Gasteiger partial charge < -0.3 is 16.4 Å². The van der Waals surface area contributed by atoms with Crippen molar-refractivity contribution < 1.29 is 9.59 Å². The van der Waals surface area contributed by atoms with Crippen LogP contribution in [0.4, 0.5) is 0 Å². The molecule has 1 aliphatic carbocycles. The molecule has 1 saturated carbocycles. The van der Waals surface area contributed by atoms with E-state index in [9.17, 15) is 9.59 Å². The summed E-state index contributed by atoms with van der Waals surface area (Å²) in [5.74, 6) is 0.0300. The second-order valence-corrected chi connectivity index (χ2v) is 5.29. The zero-order chi connectivity index (χ0) is 12.9. The van der Waals surface area contributed by atoms with Gasteiger partial charge in [-0.15, -0.1) is 0 Å². The number of nitrogens with two attached hydrogens (primary N) is 1. The molecular weight excluding hydrogens is 218 g/mol. The molecule has 0 bridgehead atoms. The minimum atomic E-state index is -0.531. The van der Waals surface area contributed by atoms with Crippen molar-refractivity contribution in [3.05, 3.63) is 0 Å². The monoisotopic (exact) mass is 241 g/mol. The van der Waals surface area contributed by atoms with E-state index in [0.717, 1.165) is 12.8 Å². The maximum Gasteiger partial charge on any atom is 0.226 e. The van der Waals surface area contributed by atoms with Gasteiger partial charge in [-0.2, -0.15) is 0 Å². The van der Waals surface area contributed by atoms with Gasteiger partial charge in [-0.3, -0.25) is 9.59 Å². The molecule has 0 heterocycles. The van der Waals surface area contributed by atoms with E-state index in [-0.39, 0.29) is 11.8 Å². The van der Waals surface area contributed by atoms with E-state index in [0.29, 0.717) is 32.0 Å². The molecule has 0 aromatic rings. The number of nitrogens with one attached hydrogen (secondary N) is 2. The molecule has 2 amide bonds. The van der Waals surface area contributed by atoms with E-state index < -0.39 is 5.41 Å². The first-order valence-corrected chi connectivity index (χ1v) is 6.23. The second kappa shape index (κ2) is 6.00. The van der Waals surface area contributed by atoms with Crippen LogP contribution in [0.1, 0.15) is 39.5 Å². The summed E-state index contributed by atoms with van der Waals surface area (Å²) in [7, 11) is 0. The zero-order valence-corrected chi connectivity index (χ0v) is 10.7. The van der Waals surface area contributed by atoms with Crippen molar-refractivity contribution in [2.45, 2.75) is 45.6 Å². The summed E-state index contributed by atoms with van der Waals surface area (Å²) in [5.41, 5.74) is 4.97. The lowest BCUT2D eigenvalue weighted by molar-refractivity contribution is -0.129. The van der Waals surface area contributed by atoms with E-state index in [1.165, 1.54) is 0 Å². The van der Waals surface area contributed by atoms with Crippen LogP contribution < -0.4 is 16.4 Å². The quantitative estimate of drug-likeness (QED) is 0.555. The molecule has 4 N–H and O–H groups in total. The van der Waals surface area contributed by atoms with Gasteiger partial charge in [0.1, 0.15) is 0 Å². The molecule has 0 aromatic carbocycles. The summed E-state index contributed by atoms with van der Waals surface area (Å²) in [5, 5.41) is 5.71. The molecule has 0 aromatic heterocycles. The summed E-state index contributed by atoms with van der Waals surface area (Å²) in [6, 6.07) is 0.410. The summed E-state index contributed by atoms with van der Waals surface area (Å²) < 4.78 is 0. The van der Waals surface area contributed by atoms with Crippen molar-refractivity contribution in [2.24, 2.45) is 11.1 Å². The van der Waals surface area contributed by atoms with Crippen LogP contribution in [0.25, 0.3) is 0 Å². The lowest BCUT2D eigenvalue weighted by Gasteiger charge is -2.21. The highest BCUT2D eigenvalue weighted by Crippen LogP contribution is 2.18. The van der Waals surface area contributed by atoms with Crippen molar-refractivity contribution in [3.8, 4) is 0 Å². The molecule has 5 heteroatoms. The third kappa shape index (κ3) is 5.17. The maximum absolute atomic E-state index is 11.6. The molecule has 1 aliphatic rings. The fourth-order valence-electron chi connectivity index (χ4n) is 1.31. The van der Waals surface area contributed by atoms with Crippen molar-refractivity contribution in [2.75, 3.05) is 13.1 Å². The summed E-state index contributed by atoms with van der Waals surface area (Å²) in [6.07, 6.45) is 3.35. The minimum Gasteiger partial charge on any atom is -0.356 e. The fraction of sp³-hybridized carbons (Fsp3) is 0.833. The SMILES string of the molecule is CC(C)(CN)C(=O)NCCCC(=O)NC1CC1. The van der Waals surface area contributed by atoms with Crippen LogP contribution in [-0.2, 0) is 9.59 Å². The smallest absolute Gasteiger partial charge is 0.226 e. The van der Waals surface area contributed by atoms with E-state index in [1.807, 2.05) is 13.8 Å². The molecule has 0 radical (unpaired) electrons. The van der Waals surface area contributed by atoms with Gasteiger partial charge in [-0.05, 0) is 33.1 Å². The molecule has 1 rings (SSSR count). The Morgan fingerprint density at radius 2 is 2.00 bits per heavy atom. The Bertz CT molecular complexity index is 285. The van der Waals surface area contributed by atoms with Crippen LogP contribution in [-0.4, -0.2) is 30.9 Å². The van der Waals surface area contributed by atoms with Crippen molar-refractivity contribution in [1.82, 2.24) is 10.6 Å². The average Bonchev–Trinajstić information content (AvgIpc) is 3.07. The van der Waals surface area contributed by atoms with Crippen molar-refractivity contribution in [1.29, 1.82) is 0 Å². The molecule has 0 saturated heterocycles. The third-order valence-electron chi connectivity index (χ3n) is 2.93. The van der Waals surface area contributed by atoms with Gasteiger partial charge in [-0.25, -0.2) is 0 Å². The highest BCUT2D eigenvalue weighted by molar-refractivity contribution is 5.82. The molecule has 0 unspecified atom stereocenters. The highest BCUT2D eigenvalue weighted by Gasteiger charge is 2.25. The summed E-state index contributed by atoms with van der Waals surface area (Å²) in [6.45, 7) is 4.46. The van der Waals surface area contributed by atoms with Crippen LogP contribution in [0.2, 0.25) is 0 Å². The zero-order valence-electron chi connectivity index (χ0n) is 10.7. The Hall–Kier alpha value is -1.10. The van der Waals surface area contributed by atoms with Gasteiger partial charge in [0, 0.05) is 25.6 Å². The predicted octanol–water partition coefficient (Wildman–Crippen LogP) is 0.146. The molecule has 0 aliphatic heterocycles. The molecule has 1 fully saturated rings. The van der Waals surface area contributed by atoms with Gasteiger partial charge in [0.15, 0.2) is 0 Å². The minimum absolute atomic E-state index is 0.0531. The summed E-state index contributed by atoms with van der Waals surface area (Å²) >= 11 is 0. The number of hydrogen-bond donors (Lipinski definition) is 3. The Kier molecular flexibility index (Phi) is 4.93. The molecule has 0 atom stereocenters. The first kappa shape index (κ1) is 14.0. The van der Waals surface area contributed by atoms with Gasteiger partial charge in [0.2, 0.25) is 11.8 Å². The van der Waals surface area contributed by atoms with Gasteiger partial charge in [-0.1, -0.05) is 0 Å². The number of carbonyl (C=O) groups is 2. The van der Waals surface area contributed by atoms with Gasteiger partial charge in [0.05, 0.1) is 5.41 Å². The largest absolute Gasteiger partial charge is 0.356 e. The van der Waals surface area contributed by atoms with Gasteiger partial charge >= 0.3 is 0 Å². The lowest BCUT2D eigenvalue weighted by Crippen LogP contribution is -2.42. The van der Waals surface area contributed by atoms with E-state index >= 15 is 0 Å². The first-order chi connectivity index (χ1) is 7.95. The van der Waals surface area contributed by atoms with E-state index in [2.05, 4.69) is 10.6 Å². The lowest BCUT2D eigenvalue weighted by atomic mass is 9.93.